The van der Waals surface area contributed by atoms with Gasteiger partial charge in [0.25, 0.3) is 0 Å². The number of fused-ring (bicyclic) bond motifs is 2. The zero-order valence-corrected chi connectivity index (χ0v) is 10.1. The van der Waals surface area contributed by atoms with Gasteiger partial charge in [-0.3, -0.25) is 4.79 Å². The maximum absolute atomic E-state index is 12.4. The van der Waals surface area contributed by atoms with Gasteiger partial charge in [-0.25, -0.2) is 0 Å². The number of ketones is 1. The number of rotatable bonds is 2. The second kappa shape index (κ2) is 4.48. The fourth-order valence-electron chi connectivity index (χ4n) is 4.01. The SMILES string of the molecule is O=C(C1CCCCC1)C1CC2CCC(C1)N2. The molecule has 0 spiro atoms. The lowest BCUT2D eigenvalue weighted by molar-refractivity contribution is -0.129. The fourth-order valence-corrected chi connectivity index (χ4v) is 4.01. The van der Waals surface area contributed by atoms with E-state index in [0.717, 1.165) is 12.8 Å². The van der Waals surface area contributed by atoms with Crippen LogP contribution in [-0.2, 0) is 4.79 Å². The van der Waals surface area contributed by atoms with Crippen molar-refractivity contribution < 1.29 is 4.79 Å². The van der Waals surface area contributed by atoms with Crippen molar-refractivity contribution in [2.75, 3.05) is 0 Å². The summed E-state index contributed by atoms with van der Waals surface area (Å²) in [6, 6.07) is 1.33. The maximum Gasteiger partial charge on any atom is 0.139 e. The van der Waals surface area contributed by atoms with Gasteiger partial charge < -0.3 is 5.32 Å². The molecular formula is C14H23NO. The molecule has 0 aromatic heterocycles. The first-order valence-electron chi connectivity index (χ1n) is 7.12. The highest BCUT2D eigenvalue weighted by molar-refractivity contribution is 5.83. The van der Waals surface area contributed by atoms with E-state index >= 15 is 0 Å². The number of piperidine rings is 1. The number of hydrogen-bond acceptors (Lipinski definition) is 2. The van der Waals surface area contributed by atoms with E-state index in [2.05, 4.69) is 5.32 Å². The standard InChI is InChI=1S/C14H23NO/c16-14(10-4-2-1-3-5-10)11-8-12-6-7-13(9-11)15-12/h10-13,15H,1-9H2. The molecule has 0 amide bonds. The molecule has 1 aliphatic carbocycles. The molecule has 2 atom stereocenters. The van der Waals surface area contributed by atoms with Crippen LogP contribution in [0.2, 0.25) is 0 Å². The summed E-state index contributed by atoms with van der Waals surface area (Å²) in [7, 11) is 0. The van der Waals surface area contributed by atoms with Crippen molar-refractivity contribution in [3.8, 4) is 0 Å². The topological polar surface area (TPSA) is 29.1 Å². The number of hydrogen-bond donors (Lipinski definition) is 1. The Morgan fingerprint density at radius 1 is 0.812 bits per heavy atom. The van der Waals surface area contributed by atoms with Gasteiger partial charge >= 0.3 is 0 Å². The molecule has 2 saturated heterocycles. The molecule has 0 aromatic carbocycles. The van der Waals surface area contributed by atoms with E-state index in [9.17, 15) is 4.79 Å². The van der Waals surface area contributed by atoms with Gasteiger partial charge in [0.05, 0.1) is 0 Å². The van der Waals surface area contributed by atoms with Crippen molar-refractivity contribution in [1.29, 1.82) is 0 Å². The minimum Gasteiger partial charge on any atom is -0.311 e. The first-order valence-corrected chi connectivity index (χ1v) is 7.12. The summed E-state index contributed by atoms with van der Waals surface area (Å²) in [5.41, 5.74) is 0. The summed E-state index contributed by atoms with van der Waals surface area (Å²) in [5.74, 6) is 1.45. The summed E-state index contributed by atoms with van der Waals surface area (Å²) in [6.07, 6.45) is 11.1. The molecule has 1 N–H and O–H groups in total. The van der Waals surface area contributed by atoms with E-state index in [0.29, 0.717) is 29.7 Å². The number of nitrogens with one attached hydrogen (secondary N) is 1. The van der Waals surface area contributed by atoms with E-state index in [4.69, 9.17) is 0 Å². The van der Waals surface area contributed by atoms with Gasteiger partial charge in [-0.15, -0.1) is 0 Å². The molecule has 1 saturated carbocycles. The van der Waals surface area contributed by atoms with Crippen LogP contribution in [0.3, 0.4) is 0 Å². The molecular weight excluding hydrogens is 198 g/mol. The predicted octanol–water partition coefficient (Wildman–Crippen LogP) is 2.67. The van der Waals surface area contributed by atoms with Crippen LogP contribution in [0.4, 0.5) is 0 Å². The highest BCUT2D eigenvalue weighted by Gasteiger charge is 2.38. The summed E-state index contributed by atoms with van der Waals surface area (Å²) in [5, 5.41) is 3.63. The van der Waals surface area contributed by atoms with Gasteiger partial charge in [0.15, 0.2) is 0 Å². The molecule has 2 unspecified atom stereocenters. The molecule has 3 aliphatic rings. The van der Waals surface area contributed by atoms with Crippen LogP contribution in [0.5, 0.6) is 0 Å². The van der Waals surface area contributed by atoms with Crippen molar-refractivity contribution in [2.45, 2.75) is 69.9 Å². The number of carbonyl (C=O) groups excluding carboxylic acids is 1. The predicted molar refractivity (Wildman–Crippen MR) is 64.3 cm³/mol. The third kappa shape index (κ3) is 2.04. The third-order valence-corrected chi connectivity index (χ3v) is 4.88. The highest BCUT2D eigenvalue weighted by Crippen LogP contribution is 2.35. The molecule has 0 aromatic rings. The largest absolute Gasteiger partial charge is 0.311 e. The summed E-state index contributed by atoms with van der Waals surface area (Å²) in [6.45, 7) is 0. The van der Waals surface area contributed by atoms with Crippen LogP contribution < -0.4 is 5.32 Å². The molecule has 2 aliphatic heterocycles. The van der Waals surface area contributed by atoms with Crippen LogP contribution >= 0.6 is 0 Å². The van der Waals surface area contributed by atoms with E-state index in [1.165, 1.54) is 44.9 Å². The summed E-state index contributed by atoms with van der Waals surface area (Å²) >= 11 is 0. The third-order valence-electron chi connectivity index (χ3n) is 4.88. The lowest BCUT2D eigenvalue weighted by Crippen LogP contribution is -2.42. The van der Waals surface area contributed by atoms with Crippen molar-refractivity contribution in [2.24, 2.45) is 11.8 Å². The van der Waals surface area contributed by atoms with Crippen LogP contribution in [-0.4, -0.2) is 17.9 Å². The number of carbonyl (C=O) groups is 1. The van der Waals surface area contributed by atoms with E-state index in [1.54, 1.807) is 0 Å². The van der Waals surface area contributed by atoms with Crippen LogP contribution in [0.15, 0.2) is 0 Å². The van der Waals surface area contributed by atoms with Gasteiger partial charge in [0, 0.05) is 23.9 Å². The van der Waals surface area contributed by atoms with Crippen LogP contribution in [0, 0.1) is 11.8 Å². The molecule has 3 fully saturated rings. The first-order chi connectivity index (χ1) is 7.83. The Labute approximate surface area is 98.2 Å². The van der Waals surface area contributed by atoms with Crippen molar-refractivity contribution >= 4 is 5.78 Å². The zero-order chi connectivity index (χ0) is 11.0. The monoisotopic (exact) mass is 221 g/mol. The molecule has 3 rings (SSSR count). The lowest BCUT2D eigenvalue weighted by atomic mass is 9.77. The Kier molecular flexibility index (Phi) is 3.01. The van der Waals surface area contributed by atoms with E-state index < -0.39 is 0 Å². The van der Waals surface area contributed by atoms with Crippen molar-refractivity contribution in [3.63, 3.8) is 0 Å². The second-order valence-corrected chi connectivity index (χ2v) is 6.04. The molecule has 16 heavy (non-hydrogen) atoms. The average molecular weight is 221 g/mol. The summed E-state index contributed by atoms with van der Waals surface area (Å²) in [4.78, 5) is 12.4. The normalized spacial score (nSPS) is 39.9. The molecule has 2 nitrogen and oxygen atoms in total. The lowest BCUT2D eigenvalue weighted by Gasteiger charge is -2.31. The Balaban J connectivity index is 1.61. The van der Waals surface area contributed by atoms with Crippen LogP contribution in [0.25, 0.3) is 0 Å². The van der Waals surface area contributed by atoms with Crippen molar-refractivity contribution in [3.05, 3.63) is 0 Å². The van der Waals surface area contributed by atoms with Gasteiger partial charge in [-0.2, -0.15) is 0 Å². The smallest absolute Gasteiger partial charge is 0.139 e. The molecule has 0 radical (unpaired) electrons. The minimum atomic E-state index is 0.404. The maximum atomic E-state index is 12.4. The quantitative estimate of drug-likeness (QED) is 0.776. The molecule has 2 bridgehead atoms. The highest BCUT2D eigenvalue weighted by atomic mass is 16.1. The zero-order valence-electron chi connectivity index (χ0n) is 10.1. The Hall–Kier alpha value is -0.370. The fraction of sp³-hybridized carbons (Fsp3) is 0.929. The first kappa shape index (κ1) is 10.8. The molecule has 2 heterocycles. The number of Topliss-reactive ketones (excluding diaryl/α,β-unsaturated/α-hetero) is 1. The van der Waals surface area contributed by atoms with E-state index in [1.807, 2.05) is 0 Å². The van der Waals surface area contributed by atoms with E-state index in [-0.39, 0.29) is 0 Å². The summed E-state index contributed by atoms with van der Waals surface area (Å²) < 4.78 is 0. The van der Waals surface area contributed by atoms with Gasteiger partial charge in [-0.1, -0.05) is 19.3 Å². The Bertz CT molecular complexity index is 258. The molecule has 2 heteroatoms. The molecule has 90 valence electrons. The minimum absolute atomic E-state index is 0.404. The van der Waals surface area contributed by atoms with Gasteiger partial charge in [-0.05, 0) is 38.5 Å². The average Bonchev–Trinajstić information content (AvgIpc) is 2.68. The Morgan fingerprint density at radius 2 is 1.44 bits per heavy atom. The Morgan fingerprint density at radius 3 is 2.06 bits per heavy atom. The van der Waals surface area contributed by atoms with Crippen LogP contribution in [0.1, 0.15) is 57.8 Å². The second-order valence-electron chi connectivity index (χ2n) is 6.04. The van der Waals surface area contributed by atoms with Crippen molar-refractivity contribution in [1.82, 2.24) is 5.32 Å². The van der Waals surface area contributed by atoms with Gasteiger partial charge in [0.2, 0.25) is 0 Å². The van der Waals surface area contributed by atoms with Gasteiger partial charge in [0.1, 0.15) is 5.78 Å².